The number of ether oxygens (including phenoxy) is 4. The highest BCUT2D eigenvalue weighted by Gasteiger charge is 2.51. The molecule has 6 atom stereocenters. The molecule has 2 heterocycles. The van der Waals surface area contributed by atoms with Gasteiger partial charge in [0.15, 0.2) is 12.2 Å². The van der Waals surface area contributed by atoms with Crippen molar-refractivity contribution in [1.29, 1.82) is 0 Å². The molecular formula is C18H32N2O12. The first kappa shape index (κ1) is 26.8. The Balaban J connectivity index is 1.65. The molecule has 2 unspecified atom stereocenters. The highest BCUT2D eigenvalue weighted by atomic mass is 17.1. The van der Waals surface area contributed by atoms with E-state index in [2.05, 4.69) is 9.68 Å². The minimum atomic E-state index is -0.604. The smallest absolute Gasteiger partial charge is 0.306 e. The van der Waals surface area contributed by atoms with Gasteiger partial charge in [0, 0.05) is 12.8 Å². The van der Waals surface area contributed by atoms with Crippen LogP contribution in [0, 0.1) is 0 Å². The molecule has 0 spiro atoms. The Labute approximate surface area is 184 Å². The molecule has 32 heavy (non-hydrogen) atoms. The van der Waals surface area contributed by atoms with Crippen molar-refractivity contribution in [3.8, 4) is 0 Å². The van der Waals surface area contributed by atoms with Gasteiger partial charge < -0.3 is 18.9 Å². The lowest BCUT2D eigenvalue weighted by molar-refractivity contribution is -0.504. The topological polar surface area (TPSA) is 177 Å². The van der Waals surface area contributed by atoms with Gasteiger partial charge in [-0.05, 0) is 39.5 Å². The van der Waals surface area contributed by atoms with Gasteiger partial charge in [-0.3, -0.25) is 30.4 Å². The molecule has 0 saturated carbocycles. The summed E-state index contributed by atoms with van der Waals surface area (Å²) in [5, 5.41) is 33.5. The fourth-order valence-electron chi connectivity index (χ4n) is 3.58. The lowest BCUT2D eigenvalue weighted by Gasteiger charge is -2.18. The molecule has 0 aliphatic carbocycles. The van der Waals surface area contributed by atoms with Crippen molar-refractivity contribution in [2.45, 2.75) is 89.0 Å². The molecule has 0 aromatic carbocycles. The summed E-state index contributed by atoms with van der Waals surface area (Å²) in [6.45, 7) is 3.51. The molecule has 0 aromatic heterocycles. The predicted molar refractivity (Wildman–Crippen MR) is 98.9 cm³/mol. The van der Waals surface area contributed by atoms with E-state index in [1.54, 1.807) is 13.8 Å². The molecule has 2 saturated heterocycles. The van der Waals surface area contributed by atoms with Crippen LogP contribution in [0.15, 0.2) is 0 Å². The zero-order valence-electron chi connectivity index (χ0n) is 18.1. The summed E-state index contributed by atoms with van der Waals surface area (Å²) in [5.41, 5.74) is 0. The van der Waals surface area contributed by atoms with E-state index in [0.29, 0.717) is 25.7 Å². The third-order valence-electron chi connectivity index (χ3n) is 5.06. The molecule has 2 fully saturated rings. The maximum absolute atomic E-state index is 12.1. The quantitative estimate of drug-likeness (QED) is 0.207. The first-order chi connectivity index (χ1) is 15.2. The summed E-state index contributed by atoms with van der Waals surface area (Å²) in [7, 11) is 0. The molecule has 2 rings (SSSR count). The van der Waals surface area contributed by atoms with Crippen LogP contribution >= 0.6 is 0 Å². The van der Waals surface area contributed by atoms with Crippen LogP contribution in [-0.2, 0) is 38.2 Å². The number of hydrogen-bond donors (Lipinski definition) is 4. The average molecular weight is 468 g/mol. The first-order valence-corrected chi connectivity index (χ1v) is 10.5. The standard InChI is InChI=1S/C18H32N2O12/c1-11(31-19(23)24)5-3-7-15(21)29-13-9-27-18-14(10-28-17(13)18)30-16(22)8-4-6-12(2)32-20(25)26/h11-14,17-18,23-26H,3-10H2,1-2H3/t11?,12?,13-,14-,17-,18-/m1/s1. The highest BCUT2D eigenvalue weighted by molar-refractivity contribution is 5.70. The van der Waals surface area contributed by atoms with Gasteiger partial charge in [0.05, 0.1) is 36.2 Å². The van der Waals surface area contributed by atoms with E-state index in [-0.39, 0.29) is 36.8 Å². The van der Waals surface area contributed by atoms with E-state index in [1.165, 1.54) is 0 Å². The number of carbonyl (C=O) groups is 2. The lowest BCUT2D eigenvalue weighted by Crippen LogP contribution is -2.36. The van der Waals surface area contributed by atoms with Gasteiger partial charge >= 0.3 is 11.9 Å². The van der Waals surface area contributed by atoms with Crippen molar-refractivity contribution >= 4 is 11.9 Å². The van der Waals surface area contributed by atoms with Gasteiger partial charge in [-0.15, -0.1) is 0 Å². The highest BCUT2D eigenvalue weighted by Crippen LogP contribution is 2.31. The SMILES string of the molecule is CC(CCCC(=O)O[C@@H]1CO[C@H]2[C@@H]1OC[C@H]2OC(=O)CCCC(C)ON(O)O)ON(O)O. The lowest BCUT2D eigenvalue weighted by atomic mass is 10.1. The van der Waals surface area contributed by atoms with Gasteiger partial charge in [0.1, 0.15) is 12.2 Å². The fourth-order valence-corrected chi connectivity index (χ4v) is 3.58. The van der Waals surface area contributed by atoms with Crippen LogP contribution in [0.2, 0.25) is 0 Å². The third-order valence-corrected chi connectivity index (χ3v) is 5.06. The van der Waals surface area contributed by atoms with Crippen molar-refractivity contribution in [2.75, 3.05) is 13.2 Å². The molecule has 14 nitrogen and oxygen atoms in total. The molecule has 0 radical (unpaired) electrons. The number of nitrogens with zero attached hydrogens (tertiary/aromatic N) is 2. The van der Waals surface area contributed by atoms with Crippen LogP contribution in [0.3, 0.4) is 0 Å². The second-order valence-electron chi connectivity index (χ2n) is 7.77. The van der Waals surface area contributed by atoms with E-state index in [1.807, 2.05) is 0 Å². The summed E-state index contributed by atoms with van der Waals surface area (Å²) < 4.78 is 22.1. The van der Waals surface area contributed by atoms with E-state index in [9.17, 15) is 9.59 Å². The summed E-state index contributed by atoms with van der Waals surface area (Å²) in [4.78, 5) is 33.4. The van der Waals surface area contributed by atoms with Gasteiger partial charge in [0.25, 0.3) is 0 Å². The van der Waals surface area contributed by atoms with Crippen LogP contribution in [-0.4, -0.2) is 93.4 Å². The van der Waals surface area contributed by atoms with E-state index in [4.69, 9.17) is 39.8 Å². The van der Waals surface area contributed by atoms with Crippen molar-refractivity contribution < 1.29 is 59.0 Å². The van der Waals surface area contributed by atoms with Crippen molar-refractivity contribution in [3.05, 3.63) is 0 Å². The average Bonchev–Trinajstić information content (AvgIpc) is 3.24. The predicted octanol–water partition coefficient (Wildman–Crippen LogP) is 0.749. The Morgan fingerprint density at radius 3 is 1.53 bits per heavy atom. The maximum atomic E-state index is 12.1. The molecular weight excluding hydrogens is 436 g/mol. The minimum absolute atomic E-state index is 0.114. The zero-order valence-corrected chi connectivity index (χ0v) is 18.1. The largest absolute Gasteiger partial charge is 0.457 e. The summed E-state index contributed by atoms with van der Waals surface area (Å²) in [6.07, 6.45) is -1.32. The summed E-state index contributed by atoms with van der Waals surface area (Å²) >= 11 is 0. The van der Waals surface area contributed by atoms with E-state index < -0.39 is 48.6 Å². The minimum Gasteiger partial charge on any atom is -0.457 e. The number of carbonyl (C=O) groups excluding carboxylic acids is 2. The van der Waals surface area contributed by atoms with Gasteiger partial charge in [-0.2, -0.15) is 0 Å². The molecule has 0 aromatic rings. The molecule has 4 N–H and O–H groups in total. The van der Waals surface area contributed by atoms with Crippen LogP contribution in [0.25, 0.3) is 0 Å². The van der Waals surface area contributed by atoms with Crippen molar-refractivity contribution in [1.82, 2.24) is 10.8 Å². The molecule has 2 aliphatic rings. The molecule has 0 bridgehead atoms. The normalized spacial score (nSPS) is 26.9. The second-order valence-corrected chi connectivity index (χ2v) is 7.77. The van der Waals surface area contributed by atoms with Crippen LogP contribution in [0.1, 0.15) is 52.4 Å². The molecule has 14 heteroatoms. The third kappa shape index (κ3) is 9.19. The Kier molecular flexibility index (Phi) is 11.1. The number of fused-ring (bicyclic) bond motifs is 1. The first-order valence-electron chi connectivity index (χ1n) is 10.5. The van der Waals surface area contributed by atoms with E-state index >= 15 is 0 Å². The fraction of sp³-hybridized carbons (Fsp3) is 0.889. The molecule has 0 amide bonds. The van der Waals surface area contributed by atoms with Crippen LogP contribution in [0.5, 0.6) is 0 Å². The van der Waals surface area contributed by atoms with Gasteiger partial charge in [-0.25, -0.2) is 9.68 Å². The van der Waals surface area contributed by atoms with Crippen LogP contribution < -0.4 is 0 Å². The van der Waals surface area contributed by atoms with E-state index in [0.717, 1.165) is 0 Å². The molecule has 186 valence electrons. The van der Waals surface area contributed by atoms with Gasteiger partial charge in [-0.1, -0.05) is 0 Å². The van der Waals surface area contributed by atoms with Crippen molar-refractivity contribution in [3.63, 3.8) is 0 Å². The molecule has 2 aliphatic heterocycles. The Hall–Kier alpha value is -1.46. The van der Waals surface area contributed by atoms with Crippen molar-refractivity contribution in [2.24, 2.45) is 0 Å². The van der Waals surface area contributed by atoms with Gasteiger partial charge in [0.2, 0.25) is 0 Å². The Morgan fingerprint density at radius 1 is 0.812 bits per heavy atom. The summed E-state index contributed by atoms with van der Waals surface area (Å²) in [6, 6.07) is 0. The number of rotatable bonds is 14. The second kappa shape index (κ2) is 13.3. The Morgan fingerprint density at radius 2 is 1.19 bits per heavy atom. The monoisotopic (exact) mass is 468 g/mol. The maximum Gasteiger partial charge on any atom is 0.306 e. The number of esters is 2. The van der Waals surface area contributed by atoms with Crippen LogP contribution in [0.4, 0.5) is 0 Å². The summed E-state index contributed by atoms with van der Waals surface area (Å²) in [5.74, 6) is -0.887. The Bertz CT molecular complexity index is 542. The number of hydrogen-bond acceptors (Lipinski definition) is 14. The zero-order chi connectivity index (χ0) is 23.7.